The Morgan fingerprint density at radius 3 is 2.94 bits per heavy atom. The highest BCUT2D eigenvalue weighted by Gasteiger charge is 2.29. The molecule has 1 unspecified atom stereocenters. The molecule has 1 fully saturated rings. The smallest absolute Gasteiger partial charge is 0.244 e. The van der Waals surface area contributed by atoms with Crippen molar-refractivity contribution in [1.29, 1.82) is 0 Å². The van der Waals surface area contributed by atoms with E-state index in [1.165, 1.54) is 0 Å². The van der Waals surface area contributed by atoms with Gasteiger partial charge in [-0.15, -0.1) is 0 Å². The number of rotatable bonds is 3. The van der Waals surface area contributed by atoms with E-state index in [1.807, 2.05) is 6.07 Å². The van der Waals surface area contributed by atoms with E-state index >= 15 is 0 Å². The Labute approximate surface area is 111 Å². The zero-order chi connectivity index (χ0) is 13.1. The van der Waals surface area contributed by atoms with Gasteiger partial charge in [0.2, 0.25) is 11.8 Å². The number of halogens is 1. The maximum Gasteiger partial charge on any atom is 0.244 e. The maximum atomic E-state index is 11.8. The van der Waals surface area contributed by atoms with Crippen molar-refractivity contribution in [3.8, 4) is 0 Å². The molecule has 0 bridgehead atoms. The van der Waals surface area contributed by atoms with Crippen molar-refractivity contribution < 1.29 is 9.59 Å². The Morgan fingerprint density at radius 1 is 1.56 bits per heavy atom. The molecule has 18 heavy (non-hydrogen) atoms. The van der Waals surface area contributed by atoms with E-state index in [4.69, 9.17) is 11.6 Å². The van der Waals surface area contributed by atoms with Crippen LogP contribution in [0.4, 0.5) is 0 Å². The minimum Gasteiger partial charge on any atom is -0.344 e. The predicted octanol–water partition coefficient (Wildman–Crippen LogP) is 1.23. The van der Waals surface area contributed by atoms with Crippen molar-refractivity contribution in [1.82, 2.24) is 10.2 Å². The number of nitrogens with zero attached hydrogens (tertiary/aromatic N) is 1. The van der Waals surface area contributed by atoms with Crippen LogP contribution in [0.5, 0.6) is 0 Å². The molecule has 0 aromatic heterocycles. The van der Waals surface area contributed by atoms with Crippen molar-refractivity contribution in [2.75, 3.05) is 13.6 Å². The Hall–Kier alpha value is -1.55. The number of amides is 2. The second-order valence-electron chi connectivity index (χ2n) is 4.48. The highest BCUT2D eigenvalue weighted by molar-refractivity contribution is 6.30. The van der Waals surface area contributed by atoms with Gasteiger partial charge in [0.25, 0.3) is 0 Å². The Morgan fingerprint density at radius 2 is 2.33 bits per heavy atom. The number of benzene rings is 1. The molecule has 1 aromatic carbocycles. The zero-order valence-electron chi connectivity index (χ0n) is 10.1. The van der Waals surface area contributed by atoms with Gasteiger partial charge in [0.15, 0.2) is 0 Å². The summed E-state index contributed by atoms with van der Waals surface area (Å²) in [5.74, 6) is -0.166. The molecule has 1 heterocycles. The monoisotopic (exact) mass is 266 g/mol. The Balaban J connectivity index is 1.91. The van der Waals surface area contributed by atoms with Crippen LogP contribution >= 0.6 is 11.6 Å². The lowest BCUT2D eigenvalue weighted by Crippen LogP contribution is -2.41. The van der Waals surface area contributed by atoms with E-state index in [0.29, 0.717) is 18.0 Å². The number of likely N-dealkylation sites (tertiary alicyclic amines) is 1. The van der Waals surface area contributed by atoms with Gasteiger partial charge < -0.3 is 10.2 Å². The van der Waals surface area contributed by atoms with Gasteiger partial charge in [-0.3, -0.25) is 9.59 Å². The van der Waals surface area contributed by atoms with Crippen molar-refractivity contribution in [3.05, 3.63) is 34.9 Å². The third-order valence-electron chi connectivity index (χ3n) is 3.02. The first-order valence-electron chi connectivity index (χ1n) is 5.85. The van der Waals surface area contributed by atoms with Gasteiger partial charge in [-0.05, 0) is 24.1 Å². The lowest BCUT2D eigenvalue weighted by atomic mass is 10.1. The normalized spacial score (nSPS) is 19.1. The van der Waals surface area contributed by atoms with Crippen molar-refractivity contribution in [2.24, 2.45) is 0 Å². The zero-order valence-corrected chi connectivity index (χ0v) is 10.9. The van der Waals surface area contributed by atoms with Gasteiger partial charge in [0.1, 0.15) is 6.04 Å². The lowest BCUT2D eigenvalue weighted by molar-refractivity contribution is -0.131. The molecule has 1 aliphatic heterocycles. The third-order valence-corrected chi connectivity index (χ3v) is 3.25. The average molecular weight is 267 g/mol. The molecule has 1 N–H and O–H groups in total. The van der Waals surface area contributed by atoms with Gasteiger partial charge in [0, 0.05) is 18.6 Å². The second-order valence-corrected chi connectivity index (χ2v) is 4.91. The molecular formula is C13H15ClN2O2. The topological polar surface area (TPSA) is 49.4 Å². The van der Waals surface area contributed by atoms with Crippen molar-refractivity contribution >= 4 is 23.4 Å². The van der Waals surface area contributed by atoms with Crippen LogP contribution in [0.15, 0.2) is 24.3 Å². The average Bonchev–Trinajstić information content (AvgIpc) is 2.61. The van der Waals surface area contributed by atoms with Gasteiger partial charge in [-0.1, -0.05) is 23.7 Å². The van der Waals surface area contributed by atoms with E-state index in [9.17, 15) is 9.59 Å². The molecule has 5 heteroatoms. The summed E-state index contributed by atoms with van der Waals surface area (Å²) in [5, 5.41) is 3.36. The number of carbonyl (C=O) groups excluding carboxylic acids is 2. The quantitative estimate of drug-likeness (QED) is 0.895. The van der Waals surface area contributed by atoms with E-state index in [1.54, 1.807) is 30.1 Å². The molecule has 0 aliphatic carbocycles. The molecule has 2 amide bonds. The number of likely N-dealkylation sites (N-methyl/N-ethyl adjacent to an activating group) is 1. The lowest BCUT2D eigenvalue weighted by Gasteiger charge is -2.12. The van der Waals surface area contributed by atoms with Crippen LogP contribution in [-0.2, 0) is 16.0 Å². The molecule has 1 saturated heterocycles. The maximum absolute atomic E-state index is 11.8. The minimum atomic E-state index is -0.373. The van der Waals surface area contributed by atoms with Gasteiger partial charge >= 0.3 is 0 Å². The number of hydrogen-bond donors (Lipinski definition) is 1. The fraction of sp³-hybridized carbons (Fsp3) is 0.385. The molecular weight excluding hydrogens is 252 g/mol. The summed E-state index contributed by atoms with van der Waals surface area (Å²) < 4.78 is 0. The Kier molecular flexibility index (Phi) is 3.87. The van der Waals surface area contributed by atoms with Crippen LogP contribution < -0.4 is 5.32 Å². The molecule has 2 rings (SSSR count). The highest BCUT2D eigenvalue weighted by Crippen LogP contribution is 2.12. The van der Waals surface area contributed by atoms with E-state index in [2.05, 4.69) is 5.32 Å². The van der Waals surface area contributed by atoms with Gasteiger partial charge in [-0.2, -0.15) is 0 Å². The predicted molar refractivity (Wildman–Crippen MR) is 69.3 cm³/mol. The summed E-state index contributed by atoms with van der Waals surface area (Å²) in [7, 11) is 1.74. The summed E-state index contributed by atoms with van der Waals surface area (Å²) in [4.78, 5) is 25.1. The summed E-state index contributed by atoms with van der Waals surface area (Å²) in [6, 6.07) is 6.79. The van der Waals surface area contributed by atoms with Crippen LogP contribution in [0.3, 0.4) is 0 Å². The van der Waals surface area contributed by atoms with Gasteiger partial charge in [-0.25, -0.2) is 0 Å². The van der Waals surface area contributed by atoms with Crippen LogP contribution in [0.1, 0.15) is 12.0 Å². The summed E-state index contributed by atoms with van der Waals surface area (Å²) >= 11 is 5.85. The van der Waals surface area contributed by atoms with Crippen molar-refractivity contribution in [3.63, 3.8) is 0 Å². The molecule has 4 nitrogen and oxygen atoms in total. The van der Waals surface area contributed by atoms with E-state index < -0.39 is 0 Å². The molecule has 1 aromatic rings. The summed E-state index contributed by atoms with van der Waals surface area (Å²) in [5.41, 5.74) is 0.846. The highest BCUT2D eigenvalue weighted by atomic mass is 35.5. The van der Waals surface area contributed by atoms with Crippen LogP contribution in [0.25, 0.3) is 0 Å². The van der Waals surface area contributed by atoms with E-state index in [-0.39, 0.29) is 24.3 Å². The summed E-state index contributed by atoms with van der Waals surface area (Å²) in [6.45, 7) is 0.695. The van der Waals surface area contributed by atoms with Crippen LogP contribution in [-0.4, -0.2) is 36.3 Å². The van der Waals surface area contributed by atoms with Crippen molar-refractivity contribution in [2.45, 2.75) is 18.9 Å². The largest absolute Gasteiger partial charge is 0.344 e. The molecule has 1 aliphatic rings. The third kappa shape index (κ3) is 3.01. The van der Waals surface area contributed by atoms with E-state index in [0.717, 1.165) is 5.56 Å². The number of hydrogen-bond acceptors (Lipinski definition) is 2. The molecule has 1 atom stereocenters. The van der Waals surface area contributed by atoms with Crippen LogP contribution in [0, 0.1) is 0 Å². The first kappa shape index (κ1) is 12.9. The Bertz CT molecular complexity index is 476. The fourth-order valence-electron chi connectivity index (χ4n) is 2.03. The van der Waals surface area contributed by atoms with Crippen LogP contribution in [0.2, 0.25) is 5.02 Å². The molecule has 0 saturated carbocycles. The number of carbonyl (C=O) groups is 2. The molecule has 96 valence electrons. The standard InChI is InChI=1S/C13H15ClN2O2/c1-16-6-5-11(13(16)18)15-12(17)8-9-3-2-4-10(14)7-9/h2-4,7,11H,5-6,8H2,1H3,(H,15,17). The second kappa shape index (κ2) is 5.40. The first-order chi connectivity index (χ1) is 8.56. The fourth-order valence-corrected chi connectivity index (χ4v) is 2.25. The minimum absolute atomic E-state index is 0.0190. The number of nitrogens with one attached hydrogen (secondary N) is 1. The summed E-state index contributed by atoms with van der Waals surface area (Å²) in [6.07, 6.45) is 0.921. The molecule has 0 spiro atoms. The molecule has 0 radical (unpaired) electrons. The SMILES string of the molecule is CN1CCC(NC(=O)Cc2cccc(Cl)c2)C1=O. The first-order valence-corrected chi connectivity index (χ1v) is 6.23. The van der Waals surface area contributed by atoms with Gasteiger partial charge in [0.05, 0.1) is 6.42 Å².